The van der Waals surface area contributed by atoms with Crippen molar-refractivity contribution in [2.24, 2.45) is 0 Å². The first kappa shape index (κ1) is 19.1. The average molecular weight is 383 g/mol. The van der Waals surface area contributed by atoms with Crippen molar-refractivity contribution in [2.45, 2.75) is 45.2 Å². The van der Waals surface area contributed by atoms with Crippen LogP contribution in [0.3, 0.4) is 0 Å². The Balaban J connectivity index is 1.32. The highest BCUT2D eigenvalue weighted by molar-refractivity contribution is 5.77. The maximum Gasteiger partial charge on any atom is 0.244 e. The molecule has 1 amide bonds. The van der Waals surface area contributed by atoms with E-state index in [9.17, 15) is 4.79 Å². The molecule has 2 aromatic rings. The van der Waals surface area contributed by atoms with Gasteiger partial charge in [-0.25, -0.2) is 0 Å². The molecule has 7 nitrogen and oxygen atoms in total. The lowest BCUT2D eigenvalue weighted by molar-refractivity contribution is -0.133. The number of aromatic nitrogens is 2. The van der Waals surface area contributed by atoms with E-state index in [2.05, 4.69) is 34.2 Å². The Kier molecular flexibility index (Phi) is 5.73. The van der Waals surface area contributed by atoms with E-state index in [1.165, 1.54) is 12.0 Å². The van der Waals surface area contributed by atoms with E-state index >= 15 is 0 Å². The molecule has 0 saturated carbocycles. The SMILES string of the molecule is Cc1ccc(-c2noc(C(C)N3CCN(C(=O)CC4CCCN4)CC3)n2)cc1. The maximum atomic E-state index is 12.5. The van der Waals surface area contributed by atoms with Gasteiger partial charge in [0.25, 0.3) is 0 Å². The number of aryl methyl sites for hydroxylation is 1. The van der Waals surface area contributed by atoms with Crippen LogP contribution in [0.5, 0.6) is 0 Å². The van der Waals surface area contributed by atoms with Crippen molar-refractivity contribution in [1.82, 2.24) is 25.3 Å². The summed E-state index contributed by atoms with van der Waals surface area (Å²) in [6, 6.07) is 8.53. The summed E-state index contributed by atoms with van der Waals surface area (Å²) in [5.41, 5.74) is 2.17. The van der Waals surface area contributed by atoms with Gasteiger partial charge in [0.15, 0.2) is 0 Å². The van der Waals surface area contributed by atoms with E-state index in [1.54, 1.807) is 0 Å². The molecule has 2 aliphatic rings. The summed E-state index contributed by atoms with van der Waals surface area (Å²) in [5.74, 6) is 1.52. The van der Waals surface area contributed by atoms with E-state index in [0.717, 1.165) is 44.7 Å². The quantitative estimate of drug-likeness (QED) is 0.855. The molecule has 0 aliphatic carbocycles. The molecular formula is C21H29N5O2. The summed E-state index contributed by atoms with van der Waals surface area (Å²) >= 11 is 0. The number of piperazine rings is 1. The zero-order valence-electron chi connectivity index (χ0n) is 16.7. The normalized spacial score (nSPS) is 21.8. The van der Waals surface area contributed by atoms with Gasteiger partial charge < -0.3 is 14.7 Å². The molecule has 2 unspecified atom stereocenters. The Morgan fingerprint density at radius 3 is 2.68 bits per heavy atom. The summed E-state index contributed by atoms with van der Waals surface area (Å²) in [4.78, 5) is 21.4. The van der Waals surface area contributed by atoms with Gasteiger partial charge in [0.2, 0.25) is 17.6 Å². The molecule has 2 fully saturated rings. The van der Waals surface area contributed by atoms with Crippen LogP contribution in [0.25, 0.3) is 11.4 Å². The number of carbonyl (C=O) groups excluding carboxylic acids is 1. The maximum absolute atomic E-state index is 12.5. The van der Waals surface area contributed by atoms with Crippen LogP contribution in [0.2, 0.25) is 0 Å². The number of amides is 1. The lowest BCUT2D eigenvalue weighted by atomic mass is 10.1. The lowest BCUT2D eigenvalue weighted by Crippen LogP contribution is -2.50. The van der Waals surface area contributed by atoms with E-state index in [4.69, 9.17) is 4.52 Å². The first-order valence-corrected chi connectivity index (χ1v) is 10.3. The fraction of sp³-hybridized carbons (Fsp3) is 0.571. The minimum atomic E-state index is 0.0421. The Morgan fingerprint density at radius 2 is 2.00 bits per heavy atom. The molecule has 0 bridgehead atoms. The molecule has 0 spiro atoms. The van der Waals surface area contributed by atoms with Gasteiger partial charge in [-0.1, -0.05) is 35.0 Å². The molecule has 1 N–H and O–H groups in total. The predicted molar refractivity (Wildman–Crippen MR) is 107 cm³/mol. The van der Waals surface area contributed by atoms with Crippen molar-refractivity contribution in [3.8, 4) is 11.4 Å². The number of carbonyl (C=O) groups is 1. The summed E-state index contributed by atoms with van der Waals surface area (Å²) in [5, 5.41) is 7.56. The first-order chi connectivity index (χ1) is 13.6. The van der Waals surface area contributed by atoms with E-state index in [0.29, 0.717) is 24.2 Å². The van der Waals surface area contributed by atoms with Crippen LogP contribution >= 0.6 is 0 Å². The van der Waals surface area contributed by atoms with Crippen molar-refractivity contribution >= 4 is 5.91 Å². The van der Waals surface area contributed by atoms with Gasteiger partial charge in [-0.2, -0.15) is 4.98 Å². The number of benzene rings is 1. The van der Waals surface area contributed by atoms with Gasteiger partial charge in [0.1, 0.15) is 0 Å². The molecule has 4 rings (SSSR count). The van der Waals surface area contributed by atoms with E-state index in [-0.39, 0.29) is 11.9 Å². The highest BCUT2D eigenvalue weighted by Gasteiger charge is 2.29. The number of hydrogen-bond acceptors (Lipinski definition) is 6. The zero-order valence-corrected chi connectivity index (χ0v) is 16.7. The number of nitrogens with zero attached hydrogens (tertiary/aromatic N) is 4. The molecule has 0 radical (unpaired) electrons. The van der Waals surface area contributed by atoms with E-state index in [1.807, 2.05) is 29.2 Å². The summed E-state index contributed by atoms with van der Waals surface area (Å²) in [7, 11) is 0. The van der Waals surface area contributed by atoms with Crippen LogP contribution in [-0.4, -0.2) is 64.6 Å². The molecule has 2 atom stereocenters. The lowest BCUT2D eigenvalue weighted by Gasteiger charge is -2.37. The Hall–Kier alpha value is -2.25. The molecule has 150 valence electrons. The van der Waals surface area contributed by atoms with Gasteiger partial charge in [0.05, 0.1) is 6.04 Å². The standard InChI is InChI=1S/C21H29N5O2/c1-15-5-7-17(8-6-15)20-23-21(28-24-20)16(2)25-10-12-26(13-11-25)19(27)14-18-4-3-9-22-18/h5-8,16,18,22H,3-4,9-14H2,1-2H3. The molecule has 1 aromatic heterocycles. The summed E-state index contributed by atoms with van der Waals surface area (Å²) in [6.45, 7) is 8.36. The topological polar surface area (TPSA) is 74.5 Å². The second kappa shape index (κ2) is 8.41. The second-order valence-electron chi connectivity index (χ2n) is 7.91. The third-order valence-corrected chi connectivity index (χ3v) is 5.91. The molecule has 3 heterocycles. The Bertz CT molecular complexity index is 789. The molecule has 28 heavy (non-hydrogen) atoms. The van der Waals surface area contributed by atoms with Crippen molar-refractivity contribution in [1.29, 1.82) is 0 Å². The van der Waals surface area contributed by atoms with Gasteiger partial charge >= 0.3 is 0 Å². The average Bonchev–Trinajstić information content (AvgIpc) is 3.40. The highest BCUT2D eigenvalue weighted by Crippen LogP contribution is 2.24. The fourth-order valence-corrected chi connectivity index (χ4v) is 4.01. The third-order valence-electron chi connectivity index (χ3n) is 5.91. The van der Waals surface area contributed by atoms with Crippen LogP contribution in [0.1, 0.15) is 43.7 Å². The minimum absolute atomic E-state index is 0.0421. The second-order valence-corrected chi connectivity index (χ2v) is 7.91. The molecule has 2 aliphatic heterocycles. The molecule has 7 heteroatoms. The van der Waals surface area contributed by atoms with Crippen LogP contribution in [0, 0.1) is 6.92 Å². The molecule has 2 saturated heterocycles. The van der Waals surface area contributed by atoms with Crippen molar-refractivity contribution < 1.29 is 9.32 Å². The third kappa shape index (κ3) is 4.25. The minimum Gasteiger partial charge on any atom is -0.340 e. The predicted octanol–water partition coefficient (Wildman–Crippen LogP) is 2.39. The van der Waals surface area contributed by atoms with Crippen LogP contribution in [0.15, 0.2) is 28.8 Å². The largest absolute Gasteiger partial charge is 0.340 e. The summed E-state index contributed by atoms with van der Waals surface area (Å²) in [6.07, 6.45) is 2.92. The van der Waals surface area contributed by atoms with Crippen LogP contribution in [0.4, 0.5) is 0 Å². The Labute approximate surface area is 166 Å². The van der Waals surface area contributed by atoms with Crippen molar-refractivity contribution in [3.63, 3.8) is 0 Å². The van der Waals surface area contributed by atoms with Gasteiger partial charge in [-0.05, 0) is 33.2 Å². The van der Waals surface area contributed by atoms with E-state index < -0.39 is 0 Å². The van der Waals surface area contributed by atoms with Crippen molar-refractivity contribution in [3.05, 3.63) is 35.7 Å². The number of rotatable bonds is 5. The zero-order chi connectivity index (χ0) is 19.5. The van der Waals surface area contributed by atoms with Crippen LogP contribution < -0.4 is 5.32 Å². The smallest absolute Gasteiger partial charge is 0.244 e. The molecular weight excluding hydrogens is 354 g/mol. The highest BCUT2D eigenvalue weighted by atomic mass is 16.5. The number of nitrogens with one attached hydrogen (secondary N) is 1. The summed E-state index contributed by atoms with van der Waals surface area (Å²) < 4.78 is 5.54. The van der Waals surface area contributed by atoms with Gasteiger partial charge in [0, 0.05) is 44.2 Å². The monoisotopic (exact) mass is 383 g/mol. The number of hydrogen-bond donors (Lipinski definition) is 1. The van der Waals surface area contributed by atoms with Gasteiger partial charge in [-0.3, -0.25) is 9.69 Å². The first-order valence-electron chi connectivity index (χ1n) is 10.3. The fourth-order valence-electron chi connectivity index (χ4n) is 4.01. The Morgan fingerprint density at radius 1 is 1.25 bits per heavy atom. The van der Waals surface area contributed by atoms with Crippen molar-refractivity contribution in [2.75, 3.05) is 32.7 Å². The molecule has 1 aromatic carbocycles. The van der Waals surface area contributed by atoms with Gasteiger partial charge in [-0.15, -0.1) is 0 Å². The van der Waals surface area contributed by atoms with Crippen LogP contribution in [-0.2, 0) is 4.79 Å².